The van der Waals surface area contributed by atoms with E-state index in [1.54, 1.807) is 6.20 Å². The van der Waals surface area contributed by atoms with Crippen molar-refractivity contribution in [3.8, 4) is 0 Å². The summed E-state index contributed by atoms with van der Waals surface area (Å²) in [5.41, 5.74) is -0.765. The van der Waals surface area contributed by atoms with Gasteiger partial charge < -0.3 is 14.6 Å². The Morgan fingerprint density at radius 2 is 2.15 bits per heavy atom. The summed E-state index contributed by atoms with van der Waals surface area (Å²) in [6.45, 7) is 7.36. The number of fused-ring (bicyclic) bond motifs is 1. The smallest absolute Gasteiger partial charge is 0.242 e. The molecule has 2 aliphatic rings. The minimum absolute atomic E-state index is 0.111. The molecule has 0 unspecified atom stereocenters. The van der Waals surface area contributed by atoms with Crippen molar-refractivity contribution in [1.82, 2.24) is 19.4 Å². The summed E-state index contributed by atoms with van der Waals surface area (Å²) in [7, 11) is 4.07. The number of rotatable bonds is 5. The van der Waals surface area contributed by atoms with Crippen LogP contribution >= 0.6 is 0 Å². The number of hydrogen-bond donors (Lipinski definition) is 1. The molecule has 1 aromatic heterocycles. The Balaban J connectivity index is 1.68. The molecule has 3 rings (SSSR count). The second kappa shape index (κ2) is 7.55. The lowest BCUT2D eigenvalue weighted by molar-refractivity contribution is -0.131. The fourth-order valence-electron chi connectivity index (χ4n) is 5.34. The molecule has 6 nitrogen and oxygen atoms in total. The Kier molecular flexibility index (Phi) is 5.69. The van der Waals surface area contributed by atoms with Gasteiger partial charge in [0.2, 0.25) is 5.91 Å². The summed E-state index contributed by atoms with van der Waals surface area (Å²) < 4.78 is 1.94. The molecule has 4 atom stereocenters. The van der Waals surface area contributed by atoms with E-state index in [9.17, 15) is 9.90 Å². The summed E-state index contributed by atoms with van der Waals surface area (Å²) in [6, 6.07) is 0.663. The first-order chi connectivity index (χ1) is 12.7. The molecule has 6 heteroatoms. The molecule has 0 aromatic carbocycles. The molecule has 1 saturated heterocycles. The molecule has 152 valence electrons. The minimum Gasteiger partial charge on any atom is -0.390 e. The van der Waals surface area contributed by atoms with Gasteiger partial charge in [-0.05, 0) is 33.2 Å². The van der Waals surface area contributed by atoms with Gasteiger partial charge in [-0.25, -0.2) is 4.98 Å². The number of amides is 1. The van der Waals surface area contributed by atoms with Crippen LogP contribution in [0.2, 0.25) is 0 Å². The van der Waals surface area contributed by atoms with E-state index in [0.717, 1.165) is 37.9 Å². The maximum Gasteiger partial charge on any atom is 0.242 e. The molecule has 1 N–H and O–H groups in total. The number of aromatic nitrogens is 2. The largest absolute Gasteiger partial charge is 0.390 e. The van der Waals surface area contributed by atoms with Crippen molar-refractivity contribution < 1.29 is 9.90 Å². The second-order valence-electron chi connectivity index (χ2n) is 9.08. The highest BCUT2D eigenvalue weighted by atomic mass is 16.3. The van der Waals surface area contributed by atoms with Gasteiger partial charge in [0.05, 0.1) is 5.60 Å². The van der Waals surface area contributed by atoms with Crippen molar-refractivity contribution in [2.75, 3.05) is 20.6 Å². The maximum atomic E-state index is 12.8. The molecule has 27 heavy (non-hydrogen) atoms. The van der Waals surface area contributed by atoms with Crippen LogP contribution in [0.25, 0.3) is 0 Å². The Morgan fingerprint density at radius 1 is 1.41 bits per heavy atom. The van der Waals surface area contributed by atoms with Crippen molar-refractivity contribution in [3.63, 3.8) is 0 Å². The Labute approximate surface area is 163 Å². The standard InChI is InChI=1S/C21H36N4O2/c1-6-18-22-11-12-25(18)15-19(26)23(4)14-16-13-20(2)17(24(16)5)9-7-8-10-21(20,3)27/h11-12,16-17,27H,6-10,13-15H2,1-5H3/t16-,17-,20-,21+/m1/s1. The van der Waals surface area contributed by atoms with Crippen molar-refractivity contribution in [1.29, 1.82) is 0 Å². The van der Waals surface area contributed by atoms with Crippen molar-refractivity contribution in [3.05, 3.63) is 18.2 Å². The quantitative estimate of drug-likeness (QED) is 0.857. The van der Waals surface area contributed by atoms with E-state index < -0.39 is 5.60 Å². The first-order valence-corrected chi connectivity index (χ1v) is 10.4. The van der Waals surface area contributed by atoms with Gasteiger partial charge in [0.1, 0.15) is 12.4 Å². The third kappa shape index (κ3) is 3.66. The van der Waals surface area contributed by atoms with Crippen LogP contribution in [0.4, 0.5) is 0 Å². The highest BCUT2D eigenvalue weighted by molar-refractivity contribution is 5.75. The molecular formula is C21H36N4O2. The van der Waals surface area contributed by atoms with E-state index in [0.29, 0.717) is 19.1 Å². The number of aryl methyl sites for hydroxylation is 1. The van der Waals surface area contributed by atoms with Crippen LogP contribution in [0, 0.1) is 5.41 Å². The highest BCUT2D eigenvalue weighted by Crippen LogP contribution is 2.52. The van der Waals surface area contributed by atoms with E-state index in [4.69, 9.17) is 0 Å². The van der Waals surface area contributed by atoms with E-state index in [-0.39, 0.29) is 17.4 Å². The number of aliphatic hydroxyl groups is 1. The number of carbonyl (C=O) groups is 1. The number of likely N-dealkylation sites (tertiary alicyclic amines) is 1. The Morgan fingerprint density at radius 3 is 2.85 bits per heavy atom. The summed E-state index contributed by atoms with van der Waals surface area (Å²) in [4.78, 5) is 21.3. The Bertz CT molecular complexity index is 671. The molecule has 1 saturated carbocycles. The van der Waals surface area contributed by atoms with Crippen LogP contribution in [0.3, 0.4) is 0 Å². The van der Waals surface area contributed by atoms with Gasteiger partial charge in [-0.3, -0.25) is 9.69 Å². The van der Waals surface area contributed by atoms with Crippen LogP contribution < -0.4 is 0 Å². The lowest BCUT2D eigenvalue weighted by atomic mass is 9.67. The molecule has 2 fully saturated rings. The monoisotopic (exact) mass is 376 g/mol. The lowest BCUT2D eigenvalue weighted by Gasteiger charge is -2.43. The zero-order valence-corrected chi connectivity index (χ0v) is 17.6. The fraction of sp³-hybridized carbons (Fsp3) is 0.810. The average Bonchev–Trinajstić information content (AvgIpc) is 3.12. The molecule has 2 heterocycles. The first kappa shape index (κ1) is 20.3. The zero-order chi connectivity index (χ0) is 19.8. The zero-order valence-electron chi connectivity index (χ0n) is 17.6. The van der Waals surface area contributed by atoms with Crippen molar-refractivity contribution in [2.24, 2.45) is 5.41 Å². The summed E-state index contributed by atoms with van der Waals surface area (Å²) in [5, 5.41) is 11.2. The van der Waals surface area contributed by atoms with E-state index in [2.05, 4.69) is 30.8 Å². The summed E-state index contributed by atoms with van der Waals surface area (Å²) >= 11 is 0. The SMILES string of the molecule is CCc1nccn1CC(=O)N(C)C[C@H]1C[C@]2(C)[C@@H](CCCC[C@]2(C)O)N1C. The normalized spacial score (nSPS) is 34.3. The highest BCUT2D eigenvalue weighted by Gasteiger charge is 2.57. The predicted octanol–water partition coefficient (Wildman–Crippen LogP) is 2.31. The van der Waals surface area contributed by atoms with Crippen molar-refractivity contribution >= 4 is 5.91 Å². The molecular weight excluding hydrogens is 340 g/mol. The summed E-state index contributed by atoms with van der Waals surface area (Å²) in [6.07, 6.45) is 9.66. The molecule has 0 bridgehead atoms. The van der Waals surface area contributed by atoms with Gasteiger partial charge in [0.15, 0.2) is 0 Å². The first-order valence-electron chi connectivity index (χ1n) is 10.4. The number of nitrogens with zero attached hydrogens (tertiary/aromatic N) is 4. The van der Waals surface area contributed by atoms with Gasteiger partial charge >= 0.3 is 0 Å². The maximum absolute atomic E-state index is 12.8. The van der Waals surface area contributed by atoms with Gasteiger partial charge in [-0.15, -0.1) is 0 Å². The van der Waals surface area contributed by atoms with E-state index in [1.165, 1.54) is 6.42 Å². The molecule has 0 radical (unpaired) electrons. The fourth-order valence-corrected chi connectivity index (χ4v) is 5.34. The van der Waals surface area contributed by atoms with Crippen LogP contribution in [0.1, 0.15) is 58.7 Å². The second-order valence-corrected chi connectivity index (χ2v) is 9.08. The van der Waals surface area contributed by atoms with Crippen LogP contribution in [0.5, 0.6) is 0 Å². The van der Waals surface area contributed by atoms with Crippen molar-refractivity contribution in [2.45, 2.75) is 83.5 Å². The summed E-state index contributed by atoms with van der Waals surface area (Å²) in [5.74, 6) is 1.06. The molecule has 1 amide bonds. The third-order valence-corrected chi connectivity index (χ3v) is 7.42. The average molecular weight is 377 g/mol. The van der Waals surface area contributed by atoms with Gasteiger partial charge in [0.25, 0.3) is 0 Å². The predicted molar refractivity (Wildman–Crippen MR) is 106 cm³/mol. The number of likely N-dealkylation sites (N-methyl/N-ethyl adjacent to an activating group) is 2. The Hall–Kier alpha value is -1.40. The number of imidazole rings is 1. The minimum atomic E-state index is -0.646. The number of carbonyl (C=O) groups excluding carboxylic acids is 1. The topological polar surface area (TPSA) is 61.6 Å². The van der Waals surface area contributed by atoms with Crippen LogP contribution in [-0.4, -0.2) is 68.7 Å². The van der Waals surface area contributed by atoms with Gasteiger partial charge in [0, 0.05) is 49.9 Å². The van der Waals surface area contributed by atoms with Crippen LogP contribution in [0.15, 0.2) is 12.4 Å². The molecule has 0 spiro atoms. The third-order valence-electron chi connectivity index (χ3n) is 7.42. The molecule has 1 aliphatic carbocycles. The van der Waals surface area contributed by atoms with Gasteiger partial charge in [-0.1, -0.05) is 26.7 Å². The van der Waals surface area contributed by atoms with Crippen LogP contribution in [-0.2, 0) is 17.8 Å². The molecule has 1 aliphatic heterocycles. The number of hydrogen-bond acceptors (Lipinski definition) is 4. The van der Waals surface area contributed by atoms with Gasteiger partial charge in [-0.2, -0.15) is 0 Å². The lowest BCUT2D eigenvalue weighted by Crippen LogP contribution is -2.50. The molecule has 1 aromatic rings. The van der Waals surface area contributed by atoms with E-state index in [1.807, 2.05) is 29.6 Å². The van der Waals surface area contributed by atoms with E-state index >= 15 is 0 Å².